The van der Waals surface area contributed by atoms with E-state index in [1.807, 2.05) is 72.1 Å². The van der Waals surface area contributed by atoms with Crippen molar-refractivity contribution < 1.29 is 9.21 Å². The number of rotatable bonds is 4. The first-order chi connectivity index (χ1) is 14.7. The molecule has 3 heterocycles. The number of amides is 1. The highest BCUT2D eigenvalue weighted by atomic mass is 32.2. The van der Waals surface area contributed by atoms with Crippen LogP contribution in [0.15, 0.2) is 86.2 Å². The van der Waals surface area contributed by atoms with Crippen molar-refractivity contribution in [1.82, 2.24) is 9.78 Å². The second-order valence-corrected chi connectivity index (χ2v) is 8.79. The lowest BCUT2D eigenvalue weighted by Gasteiger charge is -2.37. The van der Waals surface area contributed by atoms with E-state index in [-0.39, 0.29) is 24.4 Å². The maximum atomic E-state index is 13.4. The summed E-state index contributed by atoms with van der Waals surface area (Å²) in [7, 11) is 0. The molecule has 1 aliphatic heterocycles. The number of carbonyl (C=O) groups excluding carboxylic acids is 1. The van der Waals surface area contributed by atoms with E-state index in [0.29, 0.717) is 0 Å². The Bertz CT molecular complexity index is 1230. The third kappa shape index (κ3) is 3.48. The summed E-state index contributed by atoms with van der Waals surface area (Å²) >= 11 is 3.16. The average Bonchev–Trinajstić information content (AvgIpc) is 3.44. The van der Waals surface area contributed by atoms with Crippen LogP contribution in [0, 0.1) is 0 Å². The van der Waals surface area contributed by atoms with Crippen molar-refractivity contribution in [3.63, 3.8) is 0 Å². The number of benzene rings is 2. The topological polar surface area (TPSA) is 68.3 Å². The quantitative estimate of drug-likeness (QED) is 0.474. The van der Waals surface area contributed by atoms with Gasteiger partial charge in [-0.1, -0.05) is 48.5 Å². The molecule has 1 aliphatic rings. The van der Waals surface area contributed by atoms with Gasteiger partial charge in [0.25, 0.3) is 5.89 Å². The number of anilines is 1. The monoisotopic (exact) mass is 435 g/mol. The number of thiophene rings is 1. The van der Waals surface area contributed by atoms with Crippen molar-refractivity contribution >= 4 is 34.7 Å². The number of nitrogens with zero attached hydrogens (tertiary/aromatic N) is 3. The van der Waals surface area contributed by atoms with E-state index < -0.39 is 5.76 Å². The van der Waals surface area contributed by atoms with Gasteiger partial charge in [-0.25, -0.2) is 4.79 Å². The zero-order chi connectivity index (χ0) is 20.5. The first-order valence-corrected chi connectivity index (χ1v) is 11.3. The molecule has 0 N–H and O–H groups in total. The molecule has 0 spiro atoms. The van der Waals surface area contributed by atoms with E-state index in [4.69, 9.17) is 4.42 Å². The molecular weight excluding hydrogens is 418 g/mol. The zero-order valence-corrected chi connectivity index (χ0v) is 17.4. The molecule has 0 saturated carbocycles. The van der Waals surface area contributed by atoms with Gasteiger partial charge in [-0.15, -0.1) is 28.2 Å². The Morgan fingerprint density at radius 3 is 2.67 bits per heavy atom. The van der Waals surface area contributed by atoms with Crippen molar-refractivity contribution in [2.75, 3.05) is 10.7 Å². The lowest BCUT2D eigenvalue weighted by molar-refractivity contribution is -0.119. The van der Waals surface area contributed by atoms with E-state index >= 15 is 0 Å². The van der Waals surface area contributed by atoms with Gasteiger partial charge in [0.1, 0.15) is 6.54 Å². The van der Waals surface area contributed by atoms with Crippen molar-refractivity contribution in [2.45, 2.75) is 17.5 Å². The third-order valence-electron chi connectivity index (χ3n) is 4.91. The SMILES string of the molecule is O=C(Cn1nc(-c2cccs2)oc1=O)N1c2ccccc2SCC1c1ccccc1. The smallest absolute Gasteiger partial charge is 0.387 e. The van der Waals surface area contributed by atoms with Gasteiger partial charge in [-0.3, -0.25) is 4.79 Å². The molecule has 0 radical (unpaired) electrons. The summed E-state index contributed by atoms with van der Waals surface area (Å²) in [6.45, 7) is -0.184. The van der Waals surface area contributed by atoms with Crippen molar-refractivity contribution in [2.24, 2.45) is 0 Å². The summed E-state index contributed by atoms with van der Waals surface area (Å²) in [5.74, 6) is 0.130. The van der Waals surface area contributed by atoms with Crippen molar-refractivity contribution in [1.29, 1.82) is 0 Å². The minimum absolute atomic E-state index is 0.127. The maximum Gasteiger partial charge on any atom is 0.437 e. The third-order valence-corrected chi connectivity index (χ3v) is 6.91. The molecule has 2 aromatic carbocycles. The van der Waals surface area contributed by atoms with Crippen LogP contribution in [0.4, 0.5) is 5.69 Å². The van der Waals surface area contributed by atoms with Crippen LogP contribution in [-0.4, -0.2) is 21.4 Å². The second-order valence-electron chi connectivity index (χ2n) is 6.78. The lowest BCUT2D eigenvalue weighted by atomic mass is 10.1. The fourth-order valence-corrected chi connectivity index (χ4v) is 5.34. The van der Waals surface area contributed by atoms with Crippen LogP contribution in [0.25, 0.3) is 10.8 Å². The van der Waals surface area contributed by atoms with Gasteiger partial charge in [0.15, 0.2) is 0 Å². The number of aromatic nitrogens is 2. The number of carbonyl (C=O) groups is 1. The predicted molar refractivity (Wildman–Crippen MR) is 118 cm³/mol. The second kappa shape index (κ2) is 7.97. The molecular formula is C22H17N3O3S2. The lowest BCUT2D eigenvalue weighted by Crippen LogP contribution is -2.41. The van der Waals surface area contributed by atoms with Gasteiger partial charge >= 0.3 is 5.76 Å². The Morgan fingerprint density at radius 1 is 1.07 bits per heavy atom. The number of para-hydroxylation sites is 1. The number of hydrogen-bond acceptors (Lipinski definition) is 6. The summed E-state index contributed by atoms with van der Waals surface area (Å²) in [5.41, 5.74) is 1.90. The molecule has 0 aliphatic carbocycles. The molecule has 30 heavy (non-hydrogen) atoms. The van der Waals surface area contributed by atoms with Crippen LogP contribution in [0.3, 0.4) is 0 Å². The summed E-state index contributed by atoms with van der Waals surface area (Å²) in [5, 5.41) is 6.12. The van der Waals surface area contributed by atoms with E-state index in [0.717, 1.165) is 31.5 Å². The Morgan fingerprint density at radius 2 is 1.87 bits per heavy atom. The minimum atomic E-state index is -0.636. The van der Waals surface area contributed by atoms with Crippen LogP contribution in [0.1, 0.15) is 11.6 Å². The summed E-state index contributed by atoms with van der Waals surface area (Å²) < 4.78 is 6.36. The first kappa shape index (κ1) is 18.9. The van der Waals surface area contributed by atoms with E-state index in [2.05, 4.69) is 5.10 Å². The number of thioether (sulfide) groups is 1. The van der Waals surface area contributed by atoms with Gasteiger partial charge in [0.2, 0.25) is 5.91 Å². The van der Waals surface area contributed by atoms with E-state index in [1.165, 1.54) is 11.3 Å². The average molecular weight is 436 g/mol. The number of hydrogen-bond donors (Lipinski definition) is 0. The van der Waals surface area contributed by atoms with Crippen molar-refractivity contribution in [3.8, 4) is 10.8 Å². The van der Waals surface area contributed by atoms with Crippen LogP contribution < -0.4 is 10.7 Å². The zero-order valence-electron chi connectivity index (χ0n) is 15.8. The standard InChI is InChI=1S/C22H17N3O3S2/c26-20(13-24-22(27)28-21(23-24)19-11-6-12-29-19)25-16-9-4-5-10-18(16)30-14-17(25)15-7-2-1-3-8-15/h1-12,17H,13-14H2. The van der Waals surface area contributed by atoms with Gasteiger partial charge < -0.3 is 9.32 Å². The molecule has 1 amide bonds. The molecule has 150 valence electrons. The Labute approximate surface area is 180 Å². The summed E-state index contributed by atoms with van der Waals surface area (Å²) in [6, 6.07) is 21.3. The van der Waals surface area contributed by atoms with Gasteiger partial charge in [-0.05, 0) is 29.1 Å². The molecule has 0 saturated heterocycles. The molecule has 2 aromatic heterocycles. The largest absolute Gasteiger partial charge is 0.437 e. The fraction of sp³-hybridized carbons (Fsp3) is 0.136. The van der Waals surface area contributed by atoms with Crippen LogP contribution >= 0.6 is 23.1 Å². The van der Waals surface area contributed by atoms with Crippen molar-refractivity contribution in [3.05, 3.63) is 88.2 Å². The molecule has 0 bridgehead atoms. The van der Waals surface area contributed by atoms with Crippen LogP contribution in [0.2, 0.25) is 0 Å². The maximum absolute atomic E-state index is 13.4. The molecule has 1 unspecified atom stereocenters. The molecule has 6 nitrogen and oxygen atoms in total. The Balaban J connectivity index is 1.50. The van der Waals surface area contributed by atoms with E-state index in [9.17, 15) is 9.59 Å². The fourth-order valence-electron chi connectivity index (χ4n) is 3.53. The van der Waals surface area contributed by atoms with Crippen LogP contribution in [-0.2, 0) is 11.3 Å². The molecule has 4 aromatic rings. The molecule has 5 rings (SSSR count). The van der Waals surface area contributed by atoms with Crippen LogP contribution in [0.5, 0.6) is 0 Å². The summed E-state index contributed by atoms with van der Waals surface area (Å²) in [6.07, 6.45) is 0. The Kier molecular flexibility index (Phi) is 5.02. The molecule has 8 heteroatoms. The minimum Gasteiger partial charge on any atom is -0.387 e. The first-order valence-electron chi connectivity index (χ1n) is 9.41. The normalized spacial score (nSPS) is 15.7. The summed E-state index contributed by atoms with van der Waals surface area (Å²) in [4.78, 5) is 29.3. The predicted octanol–water partition coefficient (Wildman–Crippen LogP) is 4.45. The van der Waals surface area contributed by atoms with E-state index in [1.54, 1.807) is 16.7 Å². The Hall–Kier alpha value is -3.10. The number of fused-ring (bicyclic) bond motifs is 1. The van der Waals surface area contributed by atoms with Gasteiger partial charge in [0, 0.05) is 10.6 Å². The van der Waals surface area contributed by atoms with Gasteiger partial charge in [-0.2, -0.15) is 4.68 Å². The highest BCUT2D eigenvalue weighted by molar-refractivity contribution is 7.99. The molecule has 0 fully saturated rings. The molecule has 1 atom stereocenters. The van der Waals surface area contributed by atoms with Gasteiger partial charge in [0.05, 0.1) is 16.6 Å². The highest BCUT2D eigenvalue weighted by Gasteiger charge is 2.33. The highest BCUT2D eigenvalue weighted by Crippen LogP contribution is 2.43.